The van der Waals surface area contributed by atoms with Gasteiger partial charge in [0, 0.05) is 18.6 Å². The van der Waals surface area contributed by atoms with Gasteiger partial charge in [-0.3, -0.25) is 0 Å². The monoisotopic (exact) mass is 494 g/mol. The lowest BCUT2D eigenvalue weighted by Gasteiger charge is -2.28. The normalized spacial score (nSPS) is 21.4. The number of hydrogen-bond donors (Lipinski definition) is 1. The molecule has 182 valence electrons. The van der Waals surface area contributed by atoms with Gasteiger partial charge in [0.2, 0.25) is 0 Å². The predicted molar refractivity (Wildman–Crippen MR) is 131 cm³/mol. The van der Waals surface area contributed by atoms with Crippen molar-refractivity contribution >= 4 is 19.7 Å². The van der Waals surface area contributed by atoms with Crippen molar-refractivity contribution < 1.29 is 21.6 Å². The van der Waals surface area contributed by atoms with Crippen molar-refractivity contribution in [1.82, 2.24) is 10.2 Å². The van der Waals surface area contributed by atoms with E-state index in [1.807, 2.05) is 64.0 Å². The van der Waals surface area contributed by atoms with Crippen LogP contribution in [0.15, 0.2) is 53.4 Å². The summed E-state index contributed by atoms with van der Waals surface area (Å²) in [5.41, 5.74) is 2.24. The van der Waals surface area contributed by atoms with Crippen molar-refractivity contribution in [1.29, 1.82) is 0 Å². The van der Waals surface area contributed by atoms with Crippen LogP contribution < -0.4 is 10.1 Å². The summed E-state index contributed by atoms with van der Waals surface area (Å²) in [5, 5.41) is 2.23. The van der Waals surface area contributed by atoms with Gasteiger partial charge < -0.3 is 15.0 Å². The van der Waals surface area contributed by atoms with Gasteiger partial charge in [0.25, 0.3) is 0 Å². The lowest BCUT2D eigenvalue weighted by Crippen LogP contribution is -2.46. The first-order chi connectivity index (χ1) is 15.4. The maximum Gasteiger partial charge on any atom is 0.183 e. The minimum absolute atomic E-state index is 0.0234. The number of aryl methyl sites for hydroxylation is 1. The average molecular weight is 495 g/mol. The molecule has 0 amide bonds. The Labute approximate surface area is 198 Å². The van der Waals surface area contributed by atoms with Crippen molar-refractivity contribution in [3.05, 3.63) is 59.7 Å². The number of nitrogens with one attached hydrogen (secondary N) is 1. The summed E-state index contributed by atoms with van der Waals surface area (Å²) >= 11 is 0. The third-order valence-corrected chi connectivity index (χ3v) is 10.0. The molecule has 1 N–H and O–H groups in total. The Morgan fingerprint density at radius 3 is 2.18 bits per heavy atom. The first kappa shape index (κ1) is 25.7. The van der Waals surface area contributed by atoms with Crippen molar-refractivity contribution in [2.45, 2.75) is 49.1 Å². The summed E-state index contributed by atoms with van der Waals surface area (Å²) in [6, 6.07) is 13.6. The SMILES string of the molecule is Cc1ccc(C(CN[C@H]2CS(=O)(=O)C[C@@H]2S(=O)(=O)c2ccc(OC(C)C)cc2)N(C)C)cc1. The van der Waals surface area contributed by atoms with E-state index in [2.05, 4.69) is 5.32 Å². The van der Waals surface area contributed by atoms with E-state index in [4.69, 9.17) is 4.74 Å². The largest absolute Gasteiger partial charge is 0.491 e. The minimum atomic E-state index is -3.85. The van der Waals surface area contributed by atoms with Gasteiger partial charge >= 0.3 is 0 Å². The molecule has 1 heterocycles. The molecule has 0 aromatic heterocycles. The zero-order chi connectivity index (χ0) is 24.4. The maximum atomic E-state index is 13.4. The topological polar surface area (TPSA) is 92.8 Å². The van der Waals surface area contributed by atoms with Gasteiger partial charge in [-0.05, 0) is 64.7 Å². The molecule has 9 heteroatoms. The molecular formula is C24H34N2O5S2. The summed E-state index contributed by atoms with van der Waals surface area (Å²) in [4.78, 5) is 2.15. The van der Waals surface area contributed by atoms with Gasteiger partial charge in [-0.15, -0.1) is 0 Å². The molecule has 1 fully saturated rings. The summed E-state index contributed by atoms with van der Waals surface area (Å²) < 4.78 is 57.3. The highest BCUT2D eigenvalue weighted by molar-refractivity contribution is 7.96. The lowest BCUT2D eigenvalue weighted by atomic mass is 10.0. The van der Waals surface area contributed by atoms with Gasteiger partial charge in [0.05, 0.1) is 27.8 Å². The van der Waals surface area contributed by atoms with E-state index < -0.39 is 31.0 Å². The number of nitrogens with zero attached hydrogens (tertiary/aromatic N) is 1. The van der Waals surface area contributed by atoms with Crippen molar-refractivity contribution in [2.24, 2.45) is 0 Å². The molecule has 0 aliphatic carbocycles. The second-order valence-electron chi connectivity index (χ2n) is 9.20. The van der Waals surface area contributed by atoms with Gasteiger partial charge in [-0.1, -0.05) is 29.8 Å². The summed E-state index contributed by atoms with van der Waals surface area (Å²) in [7, 11) is -3.43. The molecule has 0 radical (unpaired) electrons. The van der Waals surface area contributed by atoms with Gasteiger partial charge in [-0.25, -0.2) is 16.8 Å². The lowest BCUT2D eigenvalue weighted by molar-refractivity contribution is 0.242. The zero-order valence-corrected chi connectivity index (χ0v) is 21.5. The van der Waals surface area contributed by atoms with Crippen LogP contribution in [0.1, 0.15) is 31.0 Å². The van der Waals surface area contributed by atoms with E-state index in [-0.39, 0.29) is 28.5 Å². The average Bonchev–Trinajstić information content (AvgIpc) is 3.04. The van der Waals surface area contributed by atoms with Gasteiger partial charge in [0.15, 0.2) is 19.7 Å². The second-order valence-corrected chi connectivity index (χ2v) is 13.5. The van der Waals surface area contributed by atoms with Crippen molar-refractivity contribution in [3.63, 3.8) is 0 Å². The Morgan fingerprint density at radius 1 is 1.03 bits per heavy atom. The van der Waals surface area contributed by atoms with E-state index in [1.54, 1.807) is 12.1 Å². The number of hydrogen-bond acceptors (Lipinski definition) is 7. The molecule has 0 bridgehead atoms. The predicted octanol–water partition coefficient (Wildman–Crippen LogP) is 2.61. The van der Waals surface area contributed by atoms with Crippen LogP contribution in [0.2, 0.25) is 0 Å². The highest BCUT2D eigenvalue weighted by Gasteiger charge is 2.45. The summed E-state index contributed by atoms with van der Waals surface area (Å²) in [5.74, 6) is -0.00181. The van der Waals surface area contributed by atoms with E-state index in [1.165, 1.54) is 12.1 Å². The quantitative estimate of drug-likeness (QED) is 0.573. The number of ether oxygens (including phenoxy) is 1. The van der Waals surface area contributed by atoms with Crippen LogP contribution in [0.5, 0.6) is 5.75 Å². The summed E-state index contributed by atoms with van der Waals surface area (Å²) in [6.45, 7) is 6.24. The first-order valence-electron chi connectivity index (χ1n) is 11.1. The Balaban J connectivity index is 1.81. The molecular weight excluding hydrogens is 460 g/mol. The standard InChI is InChI=1S/C24H34N2O5S2/c1-17(2)31-20-10-12-21(13-11-20)33(29,30)24-16-32(27,28)15-22(24)25-14-23(26(4)5)19-8-6-18(3)7-9-19/h6-13,17,22-25H,14-16H2,1-5H3/t22-,23?,24-/m0/s1. The van der Waals surface area contributed by atoms with Crippen LogP contribution in [-0.2, 0) is 19.7 Å². The molecule has 1 saturated heterocycles. The molecule has 1 aliphatic rings. The van der Waals surface area contributed by atoms with E-state index in [0.717, 1.165) is 11.1 Å². The fraction of sp³-hybridized carbons (Fsp3) is 0.500. The summed E-state index contributed by atoms with van der Waals surface area (Å²) in [6.07, 6.45) is -0.0285. The number of rotatable bonds is 9. The van der Waals surface area contributed by atoms with Gasteiger partial charge in [-0.2, -0.15) is 0 Å². The number of sulfone groups is 2. The molecule has 0 spiro atoms. The van der Waals surface area contributed by atoms with Crippen molar-refractivity contribution in [2.75, 3.05) is 32.1 Å². The zero-order valence-electron chi connectivity index (χ0n) is 19.9. The highest BCUT2D eigenvalue weighted by Crippen LogP contribution is 2.28. The van der Waals surface area contributed by atoms with E-state index in [9.17, 15) is 16.8 Å². The molecule has 3 rings (SSSR count). The molecule has 0 saturated carbocycles. The smallest absolute Gasteiger partial charge is 0.183 e. The first-order valence-corrected chi connectivity index (χ1v) is 14.4. The molecule has 7 nitrogen and oxygen atoms in total. The molecule has 2 aromatic carbocycles. The minimum Gasteiger partial charge on any atom is -0.491 e. The molecule has 1 aliphatic heterocycles. The number of likely N-dealkylation sites (N-methyl/N-ethyl adjacent to an activating group) is 1. The second kappa shape index (κ2) is 10.1. The van der Waals surface area contributed by atoms with Crippen LogP contribution in [0.25, 0.3) is 0 Å². The Hall–Kier alpha value is -1.94. The van der Waals surface area contributed by atoms with Crippen LogP contribution in [-0.4, -0.2) is 71.3 Å². The van der Waals surface area contributed by atoms with Crippen LogP contribution >= 0.6 is 0 Å². The van der Waals surface area contributed by atoms with Crippen LogP contribution in [0.3, 0.4) is 0 Å². The molecule has 1 unspecified atom stereocenters. The van der Waals surface area contributed by atoms with E-state index in [0.29, 0.717) is 12.3 Å². The van der Waals surface area contributed by atoms with Gasteiger partial charge in [0.1, 0.15) is 5.75 Å². The van der Waals surface area contributed by atoms with E-state index >= 15 is 0 Å². The highest BCUT2D eigenvalue weighted by atomic mass is 32.2. The Morgan fingerprint density at radius 2 is 1.64 bits per heavy atom. The third kappa shape index (κ3) is 6.35. The fourth-order valence-electron chi connectivity index (χ4n) is 4.12. The Kier molecular flexibility index (Phi) is 7.88. The van der Waals surface area contributed by atoms with Crippen LogP contribution in [0, 0.1) is 6.92 Å². The Bertz CT molecular complexity index is 1140. The fourth-order valence-corrected chi connectivity index (χ4v) is 8.83. The van der Waals surface area contributed by atoms with Crippen molar-refractivity contribution in [3.8, 4) is 5.75 Å². The number of benzene rings is 2. The molecule has 3 atom stereocenters. The third-order valence-electron chi connectivity index (χ3n) is 5.88. The molecule has 33 heavy (non-hydrogen) atoms. The van der Waals surface area contributed by atoms with Crippen LogP contribution in [0.4, 0.5) is 0 Å². The molecule has 2 aromatic rings. The maximum absolute atomic E-state index is 13.4.